The Morgan fingerprint density at radius 2 is 2.50 bits per heavy atom. The van der Waals surface area contributed by atoms with Crippen molar-refractivity contribution in [1.29, 1.82) is 5.26 Å². The zero-order chi connectivity index (χ0) is 8.81. The van der Waals surface area contributed by atoms with Crippen LogP contribution in [0.15, 0.2) is 0 Å². The Morgan fingerprint density at radius 3 is 3.17 bits per heavy atom. The molecular formula is C8H13IN2O. The number of halogens is 1. The molecule has 4 heteroatoms. The highest BCUT2D eigenvalue weighted by molar-refractivity contribution is 14.1. The maximum Gasteiger partial charge on any atom is 0.121 e. The second-order valence-electron chi connectivity index (χ2n) is 2.80. The zero-order valence-corrected chi connectivity index (χ0v) is 9.16. The van der Waals surface area contributed by atoms with E-state index in [1.165, 1.54) is 6.42 Å². The summed E-state index contributed by atoms with van der Waals surface area (Å²) in [5.74, 6) is 0. The molecule has 0 aromatic rings. The Kier molecular flexibility index (Phi) is 4.88. The van der Waals surface area contributed by atoms with Gasteiger partial charge in [0.05, 0.1) is 19.3 Å². The summed E-state index contributed by atoms with van der Waals surface area (Å²) in [5, 5.41) is 8.79. The van der Waals surface area contributed by atoms with E-state index in [0.29, 0.717) is 6.61 Å². The van der Waals surface area contributed by atoms with Crippen LogP contribution in [0.4, 0.5) is 0 Å². The van der Waals surface area contributed by atoms with Gasteiger partial charge in [0.15, 0.2) is 0 Å². The minimum absolute atomic E-state index is 0.0123. The highest BCUT2D eigenvalue weighted by Gasteiger charge is 2.21. The molecule has 0 aromatic heterocycles. The summed E-state index contributed by atoms with van der Waals surface area (Å²) < 4.78 is 6.38. The van der Waals surface area contributed by atoms with E-state index in [4.69, 9.17) is 10.00 Å². The first-order valence-electron chi connectivity index (χ1n) is 4.16. The van der Waals surface area contributed by atoms with Crippen LogP contribution in [0.25, 0.3) is 0 Å². The monoisotopic (exact) mass is 280 g/mol. The van der Waals surface area contributed by atoms with E-state index < -0.39 is 0 Å². The molecule has 0 saturated carbocycles. The predicted octanol–water partition coefficient (Wildman–Crippen LogP) is 1.04. The molecule has 1 atom stereocenters. The van der Waals surface area contributed by atoms with Crippen molar-refractivity contribution >= 4 is 22.6 Å². The first-order chi connectivity index (χ1) is 5.88. The molecular weight excluding hydrogens is 267 g/mol. The van der Waals surface area contributed by atoms with Gasteiger partial charge in [-0.3, -0.25) is 4.90 Å². The number of ether oxygens (including phenoxy) is 1. The smallest absolute Gasteiger partial charge is 0.121 e. The van der Waals surface area contributed by atoms with E-state index in [2.05, 4.69) is 33.6 Å². The maximum absolute atomic E-state index is 8.79. The Balaban J connectivity index is 2.32. The van der Waals surface area contributed by atoms with Gasteiger partial charge in [-0.1, -0.05) is 22.6 Å². The number of morpholine rings is 1. The Morgan fingerprint density at radius 1 is 1.67 bits per heavy atom. The molecule has 1 fully saturated rings. The molecule has 1 aliphatic rings. The summed E-state index contributed by atoms with van der Waals surface area (Å²) >= 11 is 2.36. The molecule has 1 heterocycles. The SMILES string of the molecule is N#CC1COCCN1CCCI. The van der Waals surface area contributed by atoms with Crippen LogP contribution in [0.1, 0.15) is 6.42 Å². The minimum Gasteiger partial charge on any atom is -0.377 e. The normalized spacial score (nSPS) is 25.2. The molecule has 1 rings (SSSR count). The van der Waals surface area contributed by atoms with Crippen molar-refractivity contribution < 1.29 is 4.74 Å². The fraction of sp³-hybridized carbons (Fsp3) is 0.875. The fourth-order valence-electron chi connectivity index (χ4n) is 1.29. The largest absolute Gasteiger partial charge is 0.377 e. The topological polar surface area (TPSA) is 36.3 Å². The molecule has 1 unspecified atom stereocenters. The number of nitriles is 1. The molecule has 3 nitrogen and oxygen atoms in total. The Bertz CT molecular complexity index is 169. The highest BCUT2D eigenvalue weighted by atomic mass is 127. The van der Waals surface area contributed by atoms with Crippen LogP contribution >= 0.6 is 22.6 Å². The van der Waals surface area contributed by atoms with Gasteiger partial charge in [0.1, 0.15) is 6.04 Å². The van der Waals surface area contributed by atoms with Crippen molar-refractivity contribution in [2.75, 3.05) is 30.7 Å². The summed E-state index contributed by atoms with van der Waals surface area (Å²) in [6.07, 6.45) is 1.17. The number of alkyl halides is 1. The molecule has 1 aliphatic heterocycles. The third kappa shape index (κ3) is 2.88. The molecule has 12 heavy (non-hydrogen) atoms. The van der Waals surface area contributed by atoms with Crippen molar-refractivity contribution in [3.8, 4) is 6.07 Å². The molecule has 0 spiro atoms. The molecule has 0 bridgehead atoms. The average Bonchev–Trinajstić information content (AvgIpc) is 2.15. The van der Waals surface area contributed by atoms with Gasteiger partial charge in [0, 0.05) is 17.5 Å². The lowest BCUT2D eigenvalue weighted by Gasteiger charge is -2.30. The van der Waals surface area contributed by atoms with E-state index in [1.54, 1.807) is 0 Å². The van der Waals surface area contributed by atoms with Crippen LogP contribution in [0.2, 0.25) is 0 Å². The summed E-state index contributed by atoms with van der Waals surface area (Å²) in [5.41, 5.74) is 0. The summed E-state index contributed by atoms with van der Waals surface area (Å²) in [7, 11) is 0. The molecule has 0 radical (unpaired) electrons. The van der Waals surface area contributed by atoms with Crippen molar-refractivity contribution in [2.24, 2.45) is 0 Å². The lowest BCUT2D eigenvalue weighted by atomic mass is 10.2. The van der Waals surface area contributed by atoms with Crippen LogP contribution in [-0.4, -0.2) is 41.7 Å². The van der Waals surface area contributed by atoms with Crippen LogP contribution in [0.5, 0.6) is 0 Å². The fourth-order valence-corrected chi connectivity index (χ4v) is 1.63. The van der Waals surface area contributed by atoms with Gasteiger partial charge in [-0.15, -0.1) is 0 Å². The quantitative estimate of drug-likeness (QED) is 0.572. The molecule has 0 aromatic carbocycles. The summed E-state index contributed by atoms with van der Waals surface area (Å²) in [4.78, 5) is 2.21. The molecule has 0 amide bonds. The lowest BCUT2D eigenvalue weighted by Crippen LogP contribution is -2.44. The van der Waals surface area contributed by atoms with Gasteiger partial charge in [0.2, 0.25) is 0 Å². The van der Waals surface area contributed by atoms with Gasteiger partial charge in [-0.05, 0) is 6.42 Å². The third-order valence-corrected chi connectivity index (χ3v) is 2.73. The van der Waals surface area contributed by atoms with Crippen molar-refractivity contribution in [1.82, 2.24) is 4.90 Å². The van der Waals surface area contributed by atoms with E-state index in [9.17, 15) is 0 Å². The molecule has 68 valence electrons. The standard InChI is InChI=1S/C8H13IN2O/c9-2-1-3-11-4-5-12-7-8(11)6-10/h8H,1-5,7H2. The van der Waals surface area contributed by atoms with Crippen molar-refractivity contribution in [3.05, 3.63) is 0 Å². The van der Waals surface area contributed by atoms with E-state index in [0.717, 1.165) is 24.1 Å². The predicted molar refractivity (Wildman–Crippen MR) is 55.3 cm³/mol. The second-order valence-corrected chi connectivity index (χ2v) is 3.88. The number of rotatable bonds is 3. The second kappa shape index (κ2) is 5.73. The summed E-state index contributed by atoms with van der Waals surface area (Å²) in [6, 6.07) is 2.25. The van der Waals surface area contributed by atoms with Crippen LogP contribution in [-0.2, 0) is 4.74 Å². The highest BCUT2D eigenvalue weighted by Crippen LogP contribution is 2.06. The first-order valence-corrected chi connectivity index (χ1v) is 5.68. The van der Waals surface area contributed by atoms with Gasteiger partial charge in [-0.25, -0.2) is 0 Å². The average molecular weight is 280 g/mol. The maximum atomic E-state index is 8.79. The van der Waals surface area contributed by atoms with Crippen LogP contribution in [0.3, 0.4) is 0 Å². The third-order valence-electron chi connectivity index (χ3n) is 1.97. The van der Waals surface area contributed by atoms with Gasteiger partial charge in [-0.2, -0.15) is 5.26 Å². The Hall–Kier alpha value is 0.140. The van der Waals surface area contributed by atoms with Gasteiger partial charge in [0.25, 0.3) is 0 Å². The number of hydrogen-bond donors (Lipinski definition) is 0. The molecule has 0 N–H and O–H groups in total. The van der Waals surface area contributed by atoms with E-state index >= 15 is 0 Å². The summed E-state index contributed by atoms with van der Waals surface area (Å²) in [6.45, 7) is 3.30. The van der Waals surface area contributed by atoms with Crippen LogP contribution in [0, 0.1) is 11.3 Å². The number of hydrogen-bond acceptors (Lipinski definition) is 3. The number of nitrogens with zero attached hydrogens (tertiary/aromatic N) is 2. The van der Waals surface area contributed by atoms with Crippen molar-refractivity contribution in [2.45, 2.75) is 12.5 Å². The van der Waals surface area contributed by atoms with Crippen LogP contribution < -0.4 is 0 Å². The minimum atomic E-state index is -0.0123. The van der Waals surface area contributed by atoms with E-state index in [-0.39, 0.29) is 6.04 Å². The first kappa shape index (κ1) is 10.2. The Labute approximate surface area is 86.8 Å². The van der Waals surface area contributed by atoms with Crippen molar-refractivity contribution in [3.63, 3.8) is 0 Å². The molecule has 1 saturated heterocycles. The zero-order valence-electron chi connectivity index (χ0n) is 7.00. The molecule has 0 aliphatic carbocycles. The lowest BCUT2D eigenvalue weighted by molar-refractivity contribution is 0.0132. The van der Waals surface area contributed by atoms with Gasteiger partial charge < -0.3 is 4.74 Å². The van der Waals surface area contributed by atoms with E-state index in [1.807, 2.05) is 0 Å². The van der Waals surface area contributed by atoms with Gasteiger partial charge >= 0.3 is 0 Å².